The summed E-state index contributed by atoms with van der Waals surface area (Å²) >= 11 is 5.82. The van der Waals surface area contributed by atoms with Crippen molar-refractivity contribution in [2.24, 2.45) is 0 Å². The molecule has 112 valence electrons. The predicted octanol–water partition coefficient (Wildman–Crippen LogP) is 1.95. The molecule has 4 N–H and O–H groups in total. The molecule has 6 heteroatoms. The van der Waals surface area contributed by atoms with Crippen LogP contribution >= 0.6 is 11.6 Å². The van der Waals surface area contributed by atoms with Crippen molar-refractivity contribution in [3.05, 3.63) is 23.2 Å². The number of nitrogens with one attached hydrogen (secondary N) is 1. The van der Waals surface area contributed by atoms with Crippen molar-refractivity contribution in [3.8, 4) is 0 Å². The number of nitrogens with two attached hydrogens (primary N) is 1. The van der Waals surface area contributed by atoms with Gasteiger partial charge in [0.2, 0.25) is 5.91 Å². The number of hydrogen-bond donors (Lipinski definition) is 3. The molecule has 1 amide bonds. The highest BCUT2D eigenvalue weighted by molar-refractivity contribution is 6.33. The van der Waals surface area contributed by atoms with Crippen LogP contribution in [-0.4, -0.2) is 41.1 Å². The number of nitrogens with zero attached hydrogens (tertiary/aromatic N) is 1. The number of rotatable bonds is 6. The quantitative estimate of drug-likeness (QED) is 0.702. The molecule has 0 aromatic heterocycles. The second kappa shape index (κ2) is 6.92. The van der Waals surface area contributed by atoms with Crippen molar-refractivity contribution in [1.29, 1.82) is 0 Å². The van der Waals surface area contributed by atoms with Crippen molar-refractivity contribution in [1.82, 2.24) is 4.90 Å². The number of benzene rings is 1. The van der Waals surface area contributed by atoms with Crippen LogP contribution in [0.4, 0.5) is 11.4 Å². The van der Waals surface area contributed by atoms with Gasteiger partial charge < -0.3 is 16.2 Å². The van der Waals surface area contributed by atoms with Gasteiger partial charge in [-0.2, -0.15) is 0 Å². The average Bonchev–Trinajstić information content (AvgIpc) is 2.31. The van der Waals surface area contributed by atoms with Crippen molar-refractivity contribution < 1.29 is 9.90 Å². The average molecular weight is 300 g/mol. The number of carbonyl (C=O) groups excluding carboxylic acids is 1. The van der Waals surface area contributed by atoms with Crippen molar-refractivity contribution in [2.75, 3.05) is 30.7 Å². The molecule has 0 bridgehead atoms. The van der Waals surface area contributed by atoms with Crippen LogP contribution in [0.25, 0.3) is 0 Å². The molecule has 0 atom stereocenters. The topological polar surface area (TPSA) is 78.6 Å². The van der Waals surface area contributed by atoms with Gasteiger partial charge in [-0.1, -0.05) is 18.5 Å². The predicted molar refractivity (Wildman–Crippen MR) is 82.9 cm³/mol. The van der Waals surface area contributed by atoms with E-state index in [1.165, 1.54) is 0 Å². The van der Waals surface area contributed by atoms with Crippen molar-refractivity contribution in [3.63, 3.8) is 0 Å². The monoisotopic (exact) mass is 299 g/mol. The molecule has 0 aliphatic heterocycles. The van der Waals surface area contributed by atoms with Crippen LogP contribution in [0.2, 0.25) is 5.02 Å². The van der Waals surface area contributed by atoms with Crippen LogP contribution < -0.4 is 11.1 Å². The number of hydrogen-bond acceptors (Lipinski definition) is 4. The first kappa shape index (κ1) is 16.8. The maximum absolute atomic E-state index is 12.0. The van der Waals surface area contributed by atoms with Gasteiger partial charge in [0.15, 0.2) is 0 Å². The SMILES string of the molecule is CCN(CC(=O)Nc1ccc(Cl)c(N)c1)CC(C)(C)O. The van der Waals surface area contributed by atoms with E-state index in [0.717, 1.165) is 0 Å². The van der Waals surface area contributed by atoms with Gasteiger partial charge in [-0.25, -0.2) is 0 Å². The minimum atomic E-state index is -0.832. The Morgan fingerprint density at radius 1 is 1.50 bits per heavy atom. The lowest BCUT2D eigenvalue weighted by Crippen LogP contribution is -2.42. The zero-order valence-electron chi connectivity index (χ0n) is 12.1. The highest BCUT2D eigenvalue weighted by Gasteiger charge is 2.19. The smallest absolute Gasteiger partial charge is 0.238 e. The van der Waals surface area contributed by atoms with Crippen LogP contribution in [-0.2, 0) is 4.79 Å². The summed E-state index contributed by atoms with van der Waals surface area (Å²) in [4.78, 5) is 13.8. The highest BCUT2D eigenvalue weighted by atomic mass is 35.5. The minimum absolute atomic E-state index is 0.155. The lowest BCUT2D eigenvalue weighted by molar-refractivity contribution is -0.117. The van der Waals surface area contributed by atoms with Crippen molar-refractivity contribution in [2.45, 2.75) is 26.4 Å². The summed E-state index contributed by atoms with van der Waals surface area (Å²) in [7, 11) is 0. The Bertz CT molecular complexity index is 472. The second-order valence-electron chi connectivity index (χ2n) is 5.40. The van der Waals surface area contributed by atoms with Crippen LogP contribution in [0.3, 0.4) is 0 Å². The standard InChI is InChI=1S/C14H22ClN3O2/c1-4-18(9-14(2,3)20)8-13(19)17-10-5-6-11(15)12(16)7-10/h5-7,20H,4,8-9,16H2,1-3H3,(H,17,19). The Balaban J connectivity index is 2.59. The molecule has 5 nitrogen and oxygen atoms in total. The third kappa shape index (κ3) is 5.77. The van der Waals surface area contributed by atoms with E-state index in [9.17, 15) is 9.90 Å². The zero-order chi connectivity index (χ0) is 15.3. The number of halogens is 1. The van der Waals surface area contributed by atoms with E-state index in [0.29, 0.717) is 29.5 Å². The lowest BCUT2D eigenvalue weighted by Gasteiger charge is -2.27. The fourth-order valence-electron chi connectivity index (χ4n) is 1.85. The number of amides is 1. The summed E-state index contributed by atoms with van der Waals surface area (Å²) in [6, 6.07) is 4.95. The van der Waals surface area contributed by atoms with E-state index >= 15 is 0 Å². The number of carbonyl (C=O) groups is 1. The summed E-state index contributed by atoms with van der Waals surface area (Å²) in [5.41, 5.74) is 5.88. The zero-order valence-corrected chi connectivity index (χ0v) is 12.9. The minimum Gasteiger partial charge on any atom is -0.397 e. The van der Waals surface area contributed by atoms with E-state index in [1.54, 1.807) is 32.0 Å². The highest BCUT2D eigenvalue weighted by Crippen LogP contribution is 2.22. The van der Waals surface area contributed by atoms with Gasteiger partial charge in [0.25, 0.3) is 0 Å². The molecule has 0 heterocycles. The number of likely N-dealkylation sites (N-methyl/N-ethyl adjacent to an activating group) is 1. The van der Waals surface area contributed by atoms with Crippen LogP contribution in [0.5, 0.6) is 0 Å². The molecule has 0 unspecified atom stereocenters. The molecular weight excluding hydrogens is 278 g/mol. The van der Waals surface area contributed by atoms with E-state index in [2.05, 4.69) is 5.32 Å². The number of anilines is 2. The third-order valence-electron chi connectivity index (χ3n) is 2.70. The van der Waals surface area contributed by atoms with Gasteiger partial charge >= 0.3 is 0 Å². The first-order valence-electron chi connectivity index (χ1n) is 6.51. The van der Waals surface area contributed by atoms with Crippen LogP contribution in [0.15, 0.2) is 18.2 Å². The first-order valence-corrected chi connectivity index (χ1v) is 6.88. The van der Waals surface area contributed by atoms with E-state index < -0.39 is 5.60 Å². The molecule has 0 radical (unpaired) electrons. The molecule has 0 aliphatic carbocycles. The first-order chi connectivity index (χ1) is 9.21. The fraction of sp³-hybridized carbons (Fsp3) is 0.500. The Morgan fingerprint density at radius 2 is 2.15 bits per heavy atom. The number of aliphatic hydroxyl groups is 1. The van der Waals surface area contributed by atoms with Crippen molar-refractivity contribution >= 4 is 28.9 Å². The van der Waals surface area contributed by atoms with E-state index in [-0.39, 0.29) is 12.5 Å². The van der Waals surface area contributed by atoms with Gasteiger partial charge in [-0.15, -0.1) is 0 Å². The summed E-state index contributed by atoms with van der Waals surface area (Å²) in [5.74, 6) is -0.155. The van der Waals surface area contributed by atoms with E-state index in [4.69, 9.17) is 17.3 Å². The molecular formula is C14H22ClN3O2. The normalized spacial score (nSPS) is 11.7. The molecule has 0 saturated heterocycles. The summed E-state index contributed by atoms with van der Waals surface area (Å²) in [5, 5.41) is 13.0. The van der Waals surface area contributed by atoms with Crippen LogP contribution in [0, 0.1) is 0 Å². The molecule has 1 rings (SSSR count). The molecule has 1 aromatic carbocycles. The van der Waals surface area contributed by atoms with Gasteiger partial charge in [0, 0.05) is 12.2 Å². The van der Waals surface area contributed by atoms with Gasteiger partial charge in [-0.05, 0) is 38.6 Å². The Kier molecular flexibility index (Phi) is 5.80. The Morgan fingerprint density at radius 3 is 2.65 bits per heavy atom. The number of nitrogen functional groups attached to an aromatic ring is 1. The molecule has 0 aliphatic rings. The maximum atomic E-state index is 12.0. The molecule has 0 spiro atoms. The molecule has 0 fully saturated rings. The molecule has 20 heavy (non-hydrogen) atoms. The fourth-order valence-corrected chi connectivity index (χ4v) is 1.97. The largest absolute Gasteiger partial charge is 0.397 e. The Hall–Kier alpha value is -1.30. The third-order valence-corrected chi connectivity index (χ3v) is 3.05. The Labute approximate surface area is 124 Å². The maximum Gasteiger partial charge on any atom is 0.238 e. The van der Waals surface area contributed by atoms with Gasteiger partial charge in [-0.3, -0.25) is 9.69 Å². The lowest BCUT2D eigenvalue weighted by atomic mass is 10.1. The second-order valence-corrected chi connectivity index (χ2v) is 5.81. The van der Waals surface area contributed by atoms with Gasteiger partial charge in [0.1, 0.15) is 0 Å². The molecule has 1 aromatic rings. The summed E-state index contributed by atoms with van der Waals surface area (Å²) < 4.78 is 0. The summed E-state index contributed by atoms with van der Waals surface area (Å²) in [6.07, 6.45) is 0. The van der Waals surface area contributed by atoms with Crippen LogP contribution in [0.1, 0.15) is 20.8 Å². The van der Waals surface area contributed by atoms with Gasteiger partial charge in [0.05, 0.1) is 22.9 Å². The summed E-state index contributed by atoms with van der Waals surface area (Å²) in [6.45, 7) is 6.70. The molecule has 0 saturated carbocycles. The van der Waals surface area contributed by atoms with E-state index in [1.807, 2.05) is 11.8 Å².